The van der Waals surface area contributed by atoms with E-state index in [0.717, 1.165) is 33.4 Å². The van der Waals surface area contributed by atoms with Gasteiger partial charge in [-0.15, -0.1) is 11.3 Å². The smallest absolute Gasteiger partial charge is 0.164 e. The van der Waals surface area contributed by atoms with Gasteiger partial charge in [0, 0.05) is 36.9 Å². The van der Waals surface area contributed by atoms with Gasteiger partial charge in [-0.2, -0.15) is 0 Å². The Labute approximate surface area is 363 Å². The number of nitrogens with zero attached hydrogens (tertiary/aromatic N) is 3. The molecular weight excluding hydrogens is 771 g/mol. The van der Waals surface area contributed by atoms with Crippen molar-refractivity contribution < 1.29 is 0 Å². The SMILES string of the molecule is c1ccc(-c2nc(-c3cccc(-c4cccc5c4C4(c6ccccc6-c6ccccc64)c4ccccc4-5)c3)nc(-c3ccccc3-c3ccc4c(c3)sc3ccccc34)n2)cc1. The molecular formula is C58H35N3S. The second-order valence-corrected chi connectivity index (χ2v) is 17.3. The molecule has 0 aliphatic heterocycles. The van der Waals surface area contributed by atoms with E-state index in [2.05, 4.69) is 194 Å². The molecule has 0 fully saturated rings. The fourth-order valence-electron chi connectivity index (χ4n) is 10.4. The fraction of sp³-hybridized carbons (Fsp3) is 0.0172. The van der Waals surface area contributed by atoms with Crippen molar-refractivity contribution in [2.24, 2.45) is 0 Å². The third-order valence-electron chi connectivity index (χ3n) is 13.0. The van der Waals surface area contributed by atoms with Crippen molar-refractivity contribution in [1.29, 1.82) is 0 Å². The zero-order chi connectivity index (χ0) is 40.8. The van der Waals surface area contributed by atoms with Crippen molar-refractivity contribution in [2.45, 2.75) is 5.41 Å². The average Bonchev–Trinajstić information content (AvgIpc) is 3.98. The predicted molar refractivity (Wildman–Crippen MR) is 256 cm³/mol. The van der Waals surface area contributed by atoms with Crippen molar-refractivity contribution in [2.75, 3.05) is 0 Å². The molecule has 2 heterocycles. The molecule has 11 aromatic rings. The summed E-state index contributed by atoms with van der Waals surface area (Å²) in [7, 11) is 0. The maximum Gasteiger partial charge on any atom is 0.164 e. The fourth-order valence-corrected chi connectivity index (χ4v) is 11.5. The highest BCUT2D eigenvalue weighted by Gasteiger charge is 2.52. The first-order valence-electron chi connectivity index (χ1n) is 21.1. The number of aromatic nitrogens is 3. The molecule has 0 unspecified atom stereocenters. The van der Waals surface area contributed by atoms with Crippen molar-refractivity contribution >= 4 is 31.5 Å². The van der Waals surface area contributed by atoms with Crippen LogP contribution >= 0.6 is 11.3 Å². The lowest BCUT2D eigenvalue weighted by Crippen LogP contribution is -2.26. The number of hydrogen-bond acceptors (Lipinski definition) is 4. The number of thiophene rings is 1. The van der Waals surface area contributed by atoms with E-state index >= 15 is 0 Å². The Balaban J connectivity index is 0.997. The lowest BCUT2D eigenvalue weighted by atomic mass is 9.68. The maximum atomic E-state index is 5.33. The minimum atomic E-state index is -0.463. The van der Waals surface area contributed by atoms with Crippen LogP contribution in [-0.4, -0.2) is 15.0 Å². The molecule has 13 rings (SSSR count). The van der Waals surface area contributed by atoms with Crippen LogP contribution in [0.1, 0.15) is 22.3 Å². The Kier molecular flexibility index (Phi) is 7.69. The van der Waals surface area contributed by atoms with E-state index in [9.17, 15) is 0 Å². The van der Waals surface area contributed by atoms with E-state index < -0.39 is 5.41 Å². The van der Waals surface area contributed by atoms with Gasteiger partial charge in [-0.05, 0) is 85.0 Å². The molecule has 62 heavy (non-hydrogen) atoms. The Hall–Kier alpha value is -7.79. The van der Waals surface area contributed by atoms with Crippen LogP contribution in [0.2, 0.25) is 0 Å². The summed E-state index contributed by atoms with van der Waals surface area (Å²) in [6, 6.07) is 76.8. The van der Waals surface area contributed by atoms with Crippen molar-refractivity contribution in [3.63, 3.8) is 0 Å². The molecule has 9 aromatic carbocycles. The first-order chi connectivity index (χ1) is 30.7. The van der Waals surface area contributed by atoms with Gasteiger partial charge in [0.05, 0.1) is 5.41 Å². The van der Waals surface area contributed by atoms with Crippen LogP contribution in [0.15, 0.2) is 212 Å². The van der Waals surface area contributed by atoms with E-state index in [1.165, 1.54) is 70.2 Å². The Morgan fingerprint density at radius 2 is 0.774 bits per heavy atom. The third kappa shape index (κ3) is 5.08. The Bertz CT molecular complexity index is 3540. The molecule has 4 heteroatoms. The highest BCUT2D eigenvalue weighted by atomic mass is 32.1. The lowest BCUT2D eigenvalue weighted by molar-refractivity contribution is 0.796. The van der Waals surface area contributed by atoms with E-state index in [0.29, 0.717) is 17.5 Å². The van der Waals surface area contributed by atoms with Crippen molar-refractivity contribution in [1.82, 2.24) is 15.0 Å². The van der Waals surface area contributed by atoms with Gasteiger partial charge in [0.25, 0.3) is 0 Å². The maximum absolute atomic E-state index is 5.33. The van der Waals surface area contributed by atoms with Crippen molar-refractivity contribution in [3.05, 3.63) is 235 Å². The molecule has 3 nitrogen and oxygen atoms in total. The van der Waals surface area contributed by atoms with Crippen LogP contribution in [0, 0.1) is 0 Å². The van der Waals surface area contributed by atoms with Crippen LogP contribution in [0.25, 0.3) is 98.8 Å². The third-order valence-corrected chi connectivity index (χ3v) is 14.1. The first-order valence-corrected chi connectivity index (χ1v) is 21.9. The molecule has 2 aliphatic rings. The molecule has 0 bridgehead atoms. The van der Waals surface area contributed by atoms with E-state index in [1.54, 1.807) is 0 Å². The summed E-state index contributed by atoms with van der Waals surface area (Å²) in [6.45, 7) is 0. The van der Waals surface area contributed by atoms with Crippen LogP contribution in [0.3, 0.4) is 0 Å². The van der Waals surface area contributed by atoms with Crippen LogP contribution in [0.5, 0.6) is 0 Å². The molecule has 0 N–H and O–H groups in total. The van der Waals surface area contributed by atoms with Gasteiger partial charge < -0.3 is 0 Å². The largest absolute Gasteiger partial charge is 0.208 e. The minimum Gasteiger partial charge on any atom is -0.208 e. The summed E-state index contributed by atoms with van der Waals surface area (Å²) >= 11 is 1.83. The molecule has 0 saturated carbocycles. The Morgan fingerprint density at radius 1 is 0.290 bits per heavy atom. The highest BCUT2D eigenvalue weighted by molar-refractivity contribution is 7.25. The van der Waals surface area contributed by atoms with E-state index in [4.69, 9.17) is 15.0 Å². The zero-order valence-electron chi connectivity index (χ0n) is 33.5. The van der Waals surface area contributed by atoms with Gasteiger partial charge in [0.2, 0.25) is 0 Å². The summed E-state index contributed by atoms with van der Waals surface area (Å²) in [5.41, 5.74) is 17.4. The zero-order valence-corrected chi connectivity index (χ0v) is 34.3. The molecule has 288 valence electrons. The number of rotatable bonds is 5. The first kappa shape index (κ1) is 35.0. The molecule has 1 spiro atoms. The molecule has 0 amide bonds. The minimum absolute atomic E-state index is 0.463. The van der Waals surface area contributed by atoms with Crippen molar-refractivity contribution in [3.8, 4) is 78.7 Å². The van der Waals surface area contributed by atoms with Gasteiger partial charge in [-0.3, -0.25) is 0 Å². The normalized spacial score (nSPS) is 13.0. The van der Waals surface area contributed by atoms with Gasteiger partial charge >= 0.3 is 0 Å². The van der Waals surface area contributed by atoms with E-state index in [1.807, 2.05) is 29.5 Å². The summed E-state index contributed by atoms with van der Waals surface area (Å²) in [5, 5.41) is 2.57. The molecule has 0 atom stereocenters. The summed E-state index contributed by atoms with van der Waals surface area (Å²) in [4.78, 5) is 15.8. The lowest BCUT2D eigenvalue weighted by Gasteiger charge is -2.32. The topological polar surface area (TPSA) is 38.7 Å². The summed E-state index contributed by atoms with van der Waals surface area (Å²) in [6.07, 6.45) is 0. The summed E-state index contributed by atoms with van der Waals surface area (Å²) in [5.74, 6) is 1.91. The Morgan fingerprint density at radius 3 is 1.52 bits per heavy atom. The van der Waals surface area contributed by atoms with Crippen LogP contribution < -0.4 is 0 Å². The van der Waals surface area contributed by atoms with Crippen LogP contribution in [0.4, 0.5) is 0 Å². The van der Waals surface area contributed by atoms with Gasteiger partial charge in [-0.1, -0.05) is 194 Å². The highest BCUT2D eigenvalue weighted by Crippen LogP contribution is 2.64. The predicted octanol–water partition coefficient (Wildman–Crippen LogP) is 14.9. The number of fused-ring (bicyclic) bond motifs is 13. The second-order valence-electron chi connectivity index (χ2n) is 16.2. The van der Waals surface area contributed by atoms with Gasteiger partial charge in [-0.25, -0.2) is 15.0 Å². The van der Waals surface area contributed by atoms with E-state index in [-0.39, 0.29) is 0 Å². The molecule has 2 aromatic heterocycles. The van der Waals surface area contributed by atoms with Gasteiger partial charge in [0.15, 0.2) is 17.5 Å². The molecule has 0 saturated heterocycles. The van der Waals surface area contributed by atoms with Crippen LogP contribution in [-0.2, 0) is 5.41 Å². The molecule has 2 aliphatic carbocycles. The average molecular weight is 806 g/mol. The standard InChI is InChI=1S/C58H35N3S/c1-2-16-36(17-3-1)55-59-56(61-57(60-55)48-25-5-4-20-40(48)38-32-33-46-45-24-9-13-31-52(45)62-53(46)35-38)39-19-14-18-37(34-39)41-26-15-27-47-44-23-8-12-30-51(44)58(54(41)47)49-28-10-6-21-42(49)43-22-7-11-29-50(43)58/h1-35H. The van der Waals surface area contributed by atoms with Gasteiger partial charge in [0.1, 0.15) is 0 Å². The number of hydrogen-bond donors (Lipinski definition) is 0. The molecule has 0 radical (unpaired) electrons. The summed E-state index contributed by atoms with van der Waals surface area (Å²) < 4.78 is 2.56. The second kappa shape index (κ2) is 13.6. The quantitative estimate of drug-likeness (QED) is 0.174. The number of benzene rings is 9. The monoisotopic (exact) mass is 805 g/mol.